The first-order chi connectivity index (χ1) is 10.2. The molecule has 2 heterocycles. The third-order valence-electron chi connectivity index (χ3n) is 4.16. The monoisotopic (exact) mass is 327 g/mol. The Morgan fingerprint density at radius 2 is 1.73 bits per heavy atom. The maximum absolute atomic E-state index is 9.19. The summed E-state index contributed by atoms with van der Waals surface area (Å²) in [4.78, 5) is 2.52. The highest BCUT2D eigenvalue weighted by Crippen LogP contribution is 2.44. The molecule has 2 aliphatic heterocycles. The topological polar surface area (TPSA) is 66.8 Å². The molecule has 0 bridgehead atoms. The quantitative estimate of drug-likeness (QED) is 0.803. The molecule has 22 heavy (non-hydrogen) atoms. The summed E-state index contributed by atoms with van der Waals surface area (Å²) in [6.45, 7) is 6.97. The summed E-state index contributed by atoms with van der Waals surface area (Å²) >= 11 is 0. The van der Waals surface area contributed by atoms with Crippen molar-refractivity contribution in [3.05, 3.63) is 29.8 Å². The van der Waals surface area contributed by atoms with E-state index in [1.165, 1.54) is 37.9 Å². The fourth-order valence-corrected chi connectivity index (χ4v) is 3.19. The van der Waals surface area contributed by atoms with Gasteiger partial charge in [-0.3, -0.25) is 9.45 Å². The van der Waals surface area contributed by atoms with Crippen molar-refractivity contribution >= 4 is 10.1 Å². The number of benzene rings is 1. The van der Waals surface area contributed by atoms with Crippen molar-refractivity contribution in [2.75, 3.05) is 19.3 Å². The summed E-state index contributed by atoms with van der Waals surface area (Å²) in [5.74, 6) is 1.08. The fraction of sp³-hybridized carbons (Fsp3) is 0.625. The van der Waals surface area contributed by atoms with Crippen LogP contribution in [0.2, 0.25) is 0 Å². The molecular formula is C16H25NO4S. The van der Waals surface area contributed by atoms with Gasteiger partial charge in [-0.25, -0.2) is 0 Å². The predicted octanol–water partition coefficient (Wildman–Crippen LogP) is 2.67. The highest BCUT2D eigenvalue weighted by Gasteiger charge is 2.44. The van der Waals surface area contributed by atoms with E-state index in [0.29, 0.717) is 6.26 Å². The number of para-hydroxylation sites is 1. The molecule has 0 amide bonds. The van der Waals surface area contributed by atoms with Gasteiger partial charge >= 0.3 is 0 Å². The molecule has 1 unspecified atom stereocenters. The maximum atomic E-state index is 9.19. The molecule has 0 saturated carbocycles. The third-order valence-corrected chi connectivity index (χ3v) is 4.16. The van der Waals surface area contributed by atoms with Gasteiger partial charge in [0.2, 0.25) is 0 Å². The minimum atomic E-state index is -3.67. The van der Waals surface area contributed by atoms with Crippen LogP contribution >= 0.6 is 0 Å². The molecule has 6 heteroatoms. The van der Waals surface area contributed by atoms with E-state index in [2.05, 4.69) is 43.0 Å². The van der Waals surface area contributed by atoms with Gasteiger partial charge in [0.05, 0.1) is 6.26 Å². The highest BCUT2D eigenvalue weighted by atomic mass is 32.2. The zero-order valence-electron chi connectivity index (χ0n) is 13.4. The lowest BCUT2D eigenvalue weighted by atomic mass is 9.83. The van der Waals surface area contributed by atoms with Gasteiger partial charge in [0.1, 0.15) is 5.75 Å². The summed E-state index contributed by atoms with van der Waals surface area (Å²) in [6, 6.07) is 8.48. The molecule has 1 aromatic rings. The van der Waals surface area contributed by atoms with Crippen LogP contribution in [0.4, 0.5) is 0 Å². The predicted molar refractivity (Wildman–Crippen MR) is 86.8 cm³/mol. The largest absolute Gasteiger partial charge is 0.474 e. The van der Waals surface area contributed by atoms with Crippen LogP contribution in [0.15, 0.2) is 24.3 Å². The lowest BCUT2D eigenvalue weighted by Crippen LogP contribution is -2.49. The van der Waals surface area contributed by atoms with E-state index >= 15 is 0 Å². The van der Waals surface area contributed by atoms with Crippen LogP contribution in [0.5, 0.6) is 5.75 Å². The Bertz CT molecular complexity index is 598. The summed E-state index contributed by atoms with van der Waals surface area (Å²) < 4.78 is 32.1. The molecule has 1 fully saturated rings. The number of nitrogens with zero attached hydrogens (tertiary/aromatic N) is 1. The minimum absolute atomic E-state index is 0.105. The van der Waals surface area contributed by atoms with Crippen molar-refractivity contribution in [2.24, 2.45) is 0 Å². The molecule has 3 rings (SSSR count). The fourth-order valence-electron chi connectivity index (χ4n) is 3.19. The first-order valence-electron chi connectivity index (χ1n) is 7.62. The Labute approximate surface area is 133 Å². The van der Waals surface area contributed by atoms with Crippen molar-refractivity contribution in [3.8, 4) is 5.75 Å². The van der Waals surface area contributed by atoms with Crippen molar-refractivity contribution in [1.29, 1.82) is 0 Å². The second-order valence-electron chi connectivity index (χ2n) is 6.52. The van der Waals surface area contributed by atoms with Gasteiger partial charge in [0.15, 0.2) is 6.23 Å². The van der Waals surface area contributed by atoms with Crippen molar-refractivity contribution in [2.45, 2.75) is 44.8 Å². The zero-order valence-corrected chi connectivity index (χ0v) is 14.3. The Kier molecular flexibility index (Phi) is 5.14. The van der Waals surface area contributed by atoms with Gasteiger partial charge in [-0.1, -0.05) is 38.5 Å². The van der Waals surface area contributed by atoms with E-state index < -0.39 is 10.1 Å². The van der Waals surface area contributed by atoms with Gasteiger partial charge in [0, 0.05) is 24.1 Å². The summed E-state index contributed by atoms with van der Waals surface area (Å²) in [6.07, 6.45) is 4.93. The van der Waals surface area contributed by atoms with Gasteiger partial charge in [-0.05, 0) is 18.9 Å². The van der Waals surface area contributed by atoms with E-state index in [0.717, 1.165) is 5.75 Å². The van der Waals surface area contributed by atoms with Gasteiger partial charge in [-0.15, -0.1) is 0 Å². The minimum Gasteiger partial charge on any atom is -0.474 e. The van der Waals surface area contributed by atoms with Crippen LogP contribution in [0, 0.1) is 0 Å². The van der Waals surface area contributed by atoms with Crippen molar-refractivity contribution in [3.63, 3.8) is 0 Å². The second kappa shape index (κ2) is 6.56. The molecule has 1 atom stereocenters. The molecule has 1 N–H and O–H groups in total. The van der Waals surface area contributed by atoms with Crippen LogP contribution in [0.1, 0.15) is 38.7 Å². The Hall–Kier alpha value is -1.11. The smallest absolute Gasteiger partial charge is 0.261 e. The molecule has 0 aromatic heterocycles. The third kappa shape index (κ3) is 4.21. The number of hydrogen-bond acceptors (Lipinski definition) is 4. The van der Waals surface area contributed by atoms with E-state index in [-0.39, 0.29) is 11.6 Å². The summed E-state index contributed by atoms with van der Waals surface area (Å²) in [5.41, 5.74) is 1.46. The molecule has 0 radical (unpaired) electrons. The van der Waals surface area contributed by atoms with Gasteiger partial charge in [-0.2, -0.15) is 8.42 Å². The Morgan fingerprint density at radius 1 is 1.18 bits per heavy atom. The molecular weight excluding hydrogens is 302 g/mol. The van der Waals surface area contributed by atoms with E-state index in [4.69, 9.17) is 9.29 Å². The van der Waals surface area contributed by atoms with E-state index in [9.17, 15) is 8.42 Å². The van der Waals surface area contributed by atoms with Crippen molar-refractivity contribution in [1.82, 2.24) is 4.90 Å². The van der Waals surface area contributed by atoms with Crippen LogP contribution in [0.3, 0.4) is 0 Å². The Morgan fingerprint density at radius 3 is 2.27 bits per heavy atom. The molecule has 2 aliphatic rings. The highest BCUT2D eigenvalue weighted by molar-refractivity contribution is 7.85. The number of piperidine rings is 1. The van der Waals surface area contributed by atoms with Gasteiger partial charge < -0.3 is 4.74 Å². The first kappa shape index (κ1) is 17.2. The molecule has 0 aliphatic carbocycles. The lowest BCUT2D eigenvalue weighted by Gasteiger charge is -2.38. The number of fused-ring (bicyclic) bond motifs is 1. The summed E-state index contributed by atoms with van der Waals surface area (Å²) in [5, 5.41) is 0. The average molecular weight is 327 g/mol. The lowest BCUT2D eigenvalue weighted by molar-refractivity contribution is -0.0131. The number of ether oxygens (including phenoxy) is 1. The second-order valence-corrected chi connectivity index (χ2v) is 7.98. The normalized spacial score (nSPS) is 23.9. The standard InChI is InChI=1S/C15H21NO.CH4O3S/c1-15(2)12-8-4-5-9-13(12)17-14(15)16-10-6-3-7-11-16;1-5(2,3)4/h4-5,8-9,14H,3,6-7,10-11H2,1-2H3;1H3,(H,2,3,4). The molecule has 124 valence electrons. The van der Waals surface area contributed by atoms with Crippen molar-refractivity contribution < 1.29 is 17.7 Å². The molecule has 5 nitrogen and oxygen atoms in total. The van der Waals surface area contributed by atoms with Crippen LogP contribution in [0.25, 0.3) is 0 Å². The van der Waals surface area contributed by atoms with E-state index in [1.54, 1.807) is 0 Å². The van der Waals surface area contributed by atoms with Gasteiger partial charge in [0.25, 0.3) is 10.1 Å². The first-order valence-corrected chi connectivity index (χ1v) is 9.47. The summed E-state index contributed by atoms with van der Waals surface area (Å²) in [7, 11) is -3.67. The Balaban J connectivity index is 0.000000309. The molecule has 1 aromatic carbocycles. The molecule has 1 saturated heterocycles. The average Bonchev–Trinajstić information content (AvgIpc) is 2.70. The van der Waals surface area contributed by atoms with Crippen LogP contribution in [-0.4, -0.2) is 43.4 Å². The molecule has 0 spiro atoms. The number of hydrogen-bond donors (Lipinski definition) is 1. The van der Waals surface area contributed by atoms with E-state index in [1.807, 2.05) is 0 Å². The SMILES string of the molecule is CC1(C)c2ccccc2OC1N1CCCCC1.CS(=O)(=O)O. The number of rotatable bonds is 1. The van der Waals surface area contributed by atoms with Crippen LogP contribution < -0.4 is 4.74 Å². The van der Waals surface area contributed by atoms with Crippen LogP contribution in [-0.2, 0) is 15.5 Å². The zero-order chi connectivity index (χ0) is 16.4. The maximum Gasteiger partial charge on any atom is 0.261 e. The number of likely N-dealkylation sites (tertiary alicyclic amines) is 1.